The molecule has 146 valence electrons. The summed E-state index contributed by atoms with van der Waals surface area (Å²) in [6, 6.07) is 6.49. The Bertz CT molecular complexity index is 732. The van der Waals surface area contributed by atoms with Gasteiger partial charge in [0.1, 0.15) is 11.9 Å². The molecule has 1 spiro atoms. The maximum absolute atomic E-state index is 13.0. The number of rotatable bonds is 4. The van der Waals surface area contributed by atoms with Crippen LogP contribution in [0.4, 0.5) is 4.39 Å². The van der Waals surface area contributed by atoms with Crippen molar-refractivity contribution < 1.29 is 18.7 Å². The zero-order valence-corrected chi connectivity index (χ0v) is 15.9. The van der Waals surface area contributed by atoms with Crippen molar-refractivity contribution in [1.82, 2.24) is 5.32 Å². The number of nitrogens with one attached hydrogen (secondary N) is 1. The molecular weight excluding hydrogens is 345 g/mol. The summed E-state index contributed by atoms with van der Waals surface area (Å²) in [5, 5.41) is 3.39. The lowest BCUT2D eigenvalue weighted by Crippen LogP contribution is -2.51. The van der Waals surface area contributed by atoms with Crippen LogP contribution < -0.4 is 5.32 Å². The van der Waals surface area contributed by atoms with Crippen molar-refractivity contribution in [2.24, 2.45) is 23.2 Å². The normalized spacial score (nSPS) is 42.5. The molecule has 1 aromatic rings. The number of halogens is 1. The number of fused-ring (bicyclic) bond motifs is 3. The van der Waals surface area contributed by atoms with Crippen LogP contribution in [0, 0.1) is 29.0 Å². The molecule has 1 aromatic carbocycles. The van der Waals surface area contributed by atoms with Crippen LogP contribution in [0.5, 0.6) is 0 Å². The van der Waals surface area contributed by atoms with Crippen molar-refractivity contribution in [1.29, 1.82) is 0 Å². The predicted octanol–water partition coefficient (Wildman–Crippen LogP) is 3.44. The number of benzene rings is 1. The Hall–Kier alpha value is -1.46. The summed E-state index contributed by atoms with van der Waals surface area (Å²) >= 11 is 0. The summed E-state index contributed by atoms with van der Waals surface area (Å²) in [6.07, 6.45) is 5.69. The molecule has 5 rings (SSSR count). The molecule has 2 aliphatic heterocycles. The molecule has 0 radical (unpaired) electrons. The van der Waals surface area contributed by atoms with Crippen molar-refractivity contribution in [3.8, 4) is 0 Å². The van der Waals surface area contributed by atoms with Crippen molar-refractivity contribution in [2.75, 3.05) is 13.2 Å². The van der Waals surface area contributed by atoms with E-state index in [9.17, 15) is 9.18 Å². The standard InChI is InChI=1S/C22H28FNO3/c1-21-7-2-8-22(13-26-22)19(21)9-16-17(20(25)27-18(16)10-21)12-24-11-14-3-5-15(23)6-4-14/h3-6,16-19,24H,2,7-13H2,1H3/t16-,17+,18+,19+,21+,22+/m0/s1. The van der Waals surface area contributed by atoms with E-state index in [4.69, 9.17) is 9.47 Å². The Labute approximate surface area is 159 Å². The number of carbonyl (C=O) groups excluding carboxylic acids is 1. The summed E-state index contributed by atoms with van der Waals surface area (Å²) in [5.41, 5.74) is 1.36. The highest BCUT2D eigenvalue weighted by Gasteiger charge is 2.64. The summed E-state index contributed by atoms with van der Waals surface area (Å²) in [7, 11) is 0. The first-order valence-electron chi connectivity index (χ1n) is 10.3. The van der Waals surface area contributed by atoms with Crippen molar-refractivity contribution in [3.05, 3.63) is 35.6 Å². The summed E-state index contributed by atoms with van der Waals surface area (Å²) in [4.78, 5) is 12.6. The third-order valence-corrected chi connectivity index (χ3v) is 7.69. The van der Waals surface area contributed by atoms with Gasteiger partial charge in [0.05, 0.1) is 18.1 Å². The van der Waals surface area contributed by atoms with Crippen LogP contribution in [0.2, 0.25) is 0 Å². The number of hydrogen-bond acceptors (Lipinski definition) is 4. The molecule has 1 N–H and O–H groups in total. The first kappa shape index (κ1) is 17.6. The highest BCUT2D eigenvalue weighted by Crippen LogP contribution is 2.62. The molecule has 4 fully saturated rings. The van der Waals surface area contributed by atoms with Gasteiger partial charge in [0, 0.05) is 19.0 Å². The van der Waals surface area contributed by atoms with Crippen molar-refractivity contribution in [2.45, 2.75) is 57.3 Å². The second-order valence-corrected chi connectivity index (χ2v) is 9.36. The zero-order valence-electron chi connectivity index (χ0n) is 15.9. The Morgan fingerprint density at radius 1 is 1.26 bits per heavy atom. The number of ether oxygens (including phenoxy) is 2. The highest BCUT2D eigenvalue weighted by molar-refractivity contribution is 5.75. The van der Waals surface area contributed by atoms with Crippen LogP contribution in [0.1, 0.15) is 44.6 Å². The second-order valence-electron chi connectivity index (χ2n) is 9.36. The van der Waals surface area contributed by atoms with Gasteiger partial charge in [-0.05, 0) is 61.1 Å². The average molecular weight is 373 g/mol. The largest absolute Gasteiger partial charge is 0.462 e. The Morgan fingerprint density at radius 2 is 2.04 bits per heavy atom. The highest BCUT2D eigenvalue weighted by atomic mass is 19.1. The quantitative estimate of drug-likeness (QED) is 0.649. The third-order valence-electron chi connectivity index (χ3n) is 7.69. The topological polar surface area (TPSA) is 50.9 Å². The first-order chi connectivity index (χ1) is 13.0. The van der Waals surface area contributed by atoms with Gasteiger partial charge in [-0.3, -0.25) is 4.79 Å². The summed E-state index contributed by atoms with van der Waals surface area (Å²) in [6.45, 7) is 4.53. The van der Waals surface area contributed by atoms with E-state index in [1.165, 1.54) is 31.4 Å². The fourth-order valence-corrected chi connectivity index (χ4v) is 6.16. The van der Waals surface area contributed by atoms with Gasteiger partial charge in [-0.1, -0.05) is 19.1 Å². The van der Waals surface area contributed by atoms with Gasteiger partial charge in [0.2, 0.25) is 0 Å². The van der Waals surface area contributed by atoms with Gasteiger partial charge >= 0.3 is 5.97 Å². The van der Waals surface area contributed by atoms with Gasteiger partial charge < -0.3 is 14.8 Å². The molecule has 6 atom stereocenters. The Balaban J connectivity index is 1.26. The molecular formula is C22H28FNO3. The van der Waals surface area contributed by atoms with Gasteiger partial charge in [0.15, 0.2) is 0 Å². The molecule has 0 bridgehead atoms. The first-order valence-corrected chi connectivity index (χ1v) is 10.3. The number of esters is 1. The molecule has 0 unspecified atom stereocenters. The lowest BCUT2D eigenvalue weighted by atomic mass is 9.53. The van der Waals surface area contributed by atoms with E-state index in [2.05, 4.69) is 12.2 Å². The average Bonchev–Trinajstić information content (AvgIpc) is 3.33. The van der Waals surface area contributed by atoms with Gasteiger partial charge in [-0.2, -0.15) is 0 Å². The maximum atomic E-state index is 13.0. The number of carbonyl (C=O) groups is 1. The Kier molecular flexibility index (Phi) is 4.10. The number of hydrogen-bond donors (Lipinski definition) is 1. The number of epoxide rings is 1. The summed E-state index contributed by atoms with van der Waals surface area (Å²) < 4.78 is 24.8. The minimum atomic E-state index is -0.227. The van der Waals surface area contributed by atoms with Crippen LogP contribution in [0.15, 0.2) is 24.3 Å². The van der Waals surface area contributed by atoms with E-state index in [1.807, 2.05) is 0 Å². The van der Waals surface area contributed by atoms with Gasteiger partial charge in [-0.15, -0.1) is 0 Å². The van der Waals surface area contributed by atoms with Crippen LogP contribution in [-0.4, -0.2) is 30.8 Å². The van der Waals surface area contributed by atoms with E-state index in [1.54, 1.807) is 12.1 Å². The smallest absolute Gasteiger partial charge is 0.310 e. The van der Waals surface area contributed by atoms with Crippen molar-refractivity contribution in [3.63, 3.8) is 0 Å². The second kappa shape index (κ2) is 6.28. The molecule has 4 nitrogen and oxygen atoms in total. The lowest BCUT2D eigenvalue weighted by molar-refractivity contribution is -0.147. The van der Waals surface area contributed by atoms with Crippen LogP contribution in [0.25, 0.3) is 0 Å². The Morgan fingerprint density at radius 3 is 2.78 bits per heavy atom. The monoisotopic (exact) mass is 373 g/mol. The molecule has 0 aromatic heterocycles. The fraction of sp³-hybridized carbons (Fsp3) is 0.682. The maximum Gasteiger partial charge on any atom is 0.310 e. The van der Waals surface area contributed by atoms with E-state index < -0.39 is 0 Å². The lowest BCUT2D eigenvalue weighted by Gasteiger charge is -2.51. The molecule has 2 heterocycles. The fourth-order valence-electron chi connectivity index (χ4n) is 6.16. The van der Waals surface area contributed by atoms with E-state index in [0.29, 0.717) is 19.0 Å². The van der Waals surface area contributed by atoms with Crippen molar-refractivity contribution >= 4 is 5.97 Å². The molecule has 2 saturated carbocycles. The molecule has 27 heavy (non-hydrogen) atoms. The molecule has 0 amide bonds. The van der Waals surface area contributed by atoms with E-state index in [-0.39, 0.29) is 40.7 Å². The van der Waals surface area contributed by atoms with Crippen LogP contribution in [0.3, 0.4) is 0 Å². The van der Waals surface area contributed by atoms with Crippen LogP contribution in [-0.2, 0) is 20.8 Å². The zero-order chi connectivity index (χ0) is 18.6. The van der Waals surface area contributed by atoms with Gasteiger partial charge in [0.25, 0.3) is 0 Å². The third kappa shape index (κ3) is 2.99. The predicted molar refractivity (Wildman–Crippen MR) is 98.3 cm³/mol. The molecule has 4 aliphatic rings. The van der Waals surface area contributed by atoms with Gasteiger partial charge in [-0.25, -0.2) is 4.39 Å². The van der Waals surface area contributed by atoms with E-state index in [0.717, 1.165) is 25.0 Å². The molecule has 2 aliphatic carbocycles. The van der Waals surface area contributed by atoms with Crippen LogP contribution >= 0.6 is 0 Å². The molecule has 5 heteroatoms. The summed E-state index contributed by atoms with van der Waals surface area (Å²) in [5.74, 6) is 0.474. The SMILES string of the molecule is C[C@]12CCC[C@@]3(CO3)[C@@H]1C[C@@H]1[C@@H](C2)OC(=O)[C@@H]1CNCc1ccc(F)cc1. The minimum Gasteiger partial charge on any atom is -0.462 e. The molecule has 2 saturated heterocycles. The minimum absolute atomic E-state index is 0.0513. The van der Waals surface area contributed by atoms with E-state index >= 15 is 0 Å².